The standard InChI is InChI=1S/C8H14N2/c1-7(5-9)4-8(2)6-10-3/h4-6,9-10H,1-3H3/b7-4+,8-6+,9-5?. The fourth-order valence-electron chi connectivity index (χ4n) is 0.670. The first-order valence-corrected chi connectivity index (χ1v) is 3.23. The SMILES string of the molecule is CN/C=C(C)/C=C(\C)C=N. The molecule has 0 atom stereocenters. The van der Waals surface area contributed by atoms with Gasteiger partial charge in [0.1, 0.15) is 0 Å². The summed E-state index contributed by atoms with van der Waals surface area (Å²) in [6, 6.07) is 0. The lowest BCUT2D eigenvalue weighted by Gasteiger charge is -1.92. The second-order valence-electron chi connectivity index (χ2n) is 2.21. The molecule has 10 heavy (non-hydrogen) atoms. The van der Waals surface area contributed by atoms with Gasteiger partial charge in [-0.3, -0.25) is 0 Å². The molecule has 2 N–H and O–H groups in total. The number of rotatable bonds is 3. The first-order chi connectivity index (χ1) is 4.70. The van der Waals surface area contributed by atoms with Gasteiger partial charge in [0.05, 0.1) is 0 Å². The summed E-state index contributed by atoms with van der Waals surface area (Å²) in [5.74, 6) is 0. The van der Waals surface area contributed by atoms with Crippen LogP contribution in [0.15, 0.2) is 23.4 Å². The van der Waals surface area contributed by atoms with Crippen LogP contribution in [0.2, 0.25) is 0 Å². The molecule has 2 nitrogen and oxygen atoms in total. The monoisotopic (exact) mass is 138 g/mol. The fourth-order valence-corrected chi connectivity index (χ4v) is 0.670. The third-order valence-corrected chi connectivity index (χ3v) is 1.06. The van der Waals surface area contributed by atoms with Gasteiger partial charge in [0, 0.05) is 13.3 Å². The molecule has 0 aromatic carbocycles. The van der Waals surface area contributed by atoms with Gasteiger partial charge < -0.3 is 10.7 Å². The molecular weight excluding hydrogens is 124 g/mol. The van der Waals surface area contributed by atoms with Crippen LogP contribution in [0.1, 0.15) is 13.8 Å². The summed E-state index contributed by atoms with van der Waals surface area (Å²) in [4.78, 5) is 0. The second-order valence-corrected chi connectivity index (χ2v) is 2.21. The molecular formula is C8H14N2. The van der Waals surface area contributed by atoms with Crippen molar-refractivity contribution in [2.24, 2.45) is 0 Å². The lowest BCUT2D eigenvalue weighted by atomic mass is 10.2. The summed E-state index contributed by atoms with van der Waals surface area (Å²) < 4.78 is 0. The van der Waals surface area contributed by atoms with Gasteiger partial charge in [0.2, 0.25) is 0 Å². The molecule has 0 bridgehead atoms. The Labute approximate surface area is 62.1 Å². The van der Waals surface area contributed by atoms with Crippen LogP contribution in [0.25, 0.3) is 0 Å². The van der Waals surface area contributed by atoms with E-state index in [9.17, 15) is 0 Å². The van der Waals surface area contributed by atoms with Crippen molar-refractivity contribution in [3.63, 3.8) is 0 Å². The minimum Gasteiger partial charge on any atom is -0.394 e. The summed E-state index contributed by atoms with van der Waals surface area (Å²) in [5, 5.41) is 9.81. The van der Waals surface area contributed by atoms with E-state index in [0.717, 1.165) is 11.1 Å². The maximum absolute atomic E-state index is 6.89. The highest BCUT2D eigenvalue weighted by atomic mass is 14.8. The van der Waals surface area contributed by atoms with E-state index in [4.69, 9.17) is 5.41 Å². The second kappa shape index (κ2) is 4.79. The first-order valence-electron chi connectivity index (χ1n) is 3.23. The molecule has 0 aromatic rings. The average molecular weight is 138 g/mol. The van der Waals surface area contributed by atoms with Crippen LogP contribution >= 0.6 is 0 Å². The number of hydrogen-bond donors (Lipinski definition) is 2. The predicted octanol–water partition coefficient (Wildman–Crippen LogP) is 1.71. The molecule has 0 radical (unpaired) electrons. The van der Waals surface area contributed by atoms with Crippen molar-refractivity contribution < 1.29 is 0 Å². The van der Waals surface area contributed by atoms with Gasteiger partial charge in [0.25, 0.3) is 0 Å². The quantitative estimate of drug-likeness (QED) is 0.452. The van der Waals surface area contributed by atoms with Crippen molar-refractivity contribution in [2.75, 3.05) is 7.05 Å². The van der Waals surface area contributed by atoms with Gasteiger partial charge in [0.15, 0.2) is 0 Å². The number of nitrogens with one attached hydrogen (secondary N) is 2. The summed E-state index contributed by atoms with van der Waals surface area (Å²) in [6.45, 7) is 3.89. The van der Waals surface area contributed by atoms with Crippen molar-refractivity contribution >= 4 is 6.21 Å². The Kier molecular flexibility index (Phi) is 4.29. The Balaban J connectivity index is 4.11. The van der Waals surface area contributed by atoms with Crippen LogP contribution in [-0.4, -0.2) is 13.3 Å². The van der Waals surface area contributed by atoms with E-state index in [1.54, 1.807) is 0 Å². The van der Waals surface area contributed by atoms with E-state index in [1.807, 2.05) is 33.2 Å². The Hall–Kier alpha value is -1.05. The Morgan fingerprint density at radius 3 is 2.30 bits per heavy atom. The molecule has 56 valence electrons. The summed E-state index contributed by atoms with van der Waals surface area (Å²) in [5.41, 5.74) is 2.09. The van der Waals surface area contributed by atoms with Gasteiger partial charge >= 0.3 is 0 Å². The molecule has 0 saturated carbocycles. The highest BCUT2D eigenvalue weighted by molar-refractivity contribution is 5.75. The smallest absolute Gasteiger partial charge is 0.0207 e. The van der Waals surface area contributed by atoms with E-state index in [-0.39, 0.29) is 0 Å². The Morgan fingerprint density at radius 1 is 1.30 bits per heavy atom. The highest BCUT2D eigenvalue weighted by Gasteiger charge is 1.82. The van der Waals surface area contributed by atoms with Crippen LogP contribution in [0.3, 0.4) is 0 Å². The zero-order chi connectivity index (χ0) is 7.98. The highest BCUT2D eigenvalue weighted by Crippen LogP contribution is 1.96. The number of hydrogen-bond acceptors (Lipinski definition) is 2. The Bertz CT molecular complexity index is 166. The molecule has 0 heterocycles. The lowest BCUT2D eigenvalue weighted by Crippen LogP contribution is -1.93. The van der Waals surface area contributed by atoms with Crippen molar-refractivity contribution in [1.29, 1.82) is 5.41 Å². The first kappa shape index (κ1) is 8.95. The van der Waals surface area contributed by atoms with Gasteiger partial charge in [-0.15, -0.1) is 0 Å². The molecule has 0 aliphatic heterocycles. The predicted molar refractivity (Wildman–Crippen MR) is 45.4 cm³/mol. The van der Waals surface area contributed by atoms with Crippen molar-refractivity contribution in [2.45, 2.75) is 13.8 Å². The summed E-state index contributed by atoms with van der Waals surface area (Å²) >= 11 is 0. The van der Waals surface area contributed by atoms with Crippen LogP contribution in [0.5, 0.6) is 0 Å². The van der Waals surface area contributed by atoms with E-state index in [0.29, 0.717) is 0 Å². The van der Waals surface area contributed by atoms with Gasteiger partial charge in [-0.1, -0.05) is 6.08 Å². The molecule has 0 fully saturated rings. The topological polar surface area (TPSA) is 35.9 Å². The van der Waals surface area contributed by atoms with Crippen molar-refractivity contribution in [1.82, 2.24) is 5.32 Å². The molecule has 0 amide bonds. The molecule has 0 saturated heterocycles. The van der Waals surface area contributed by atoms with Crippen LogP contribution < -0.4 is 5.32 Å². The van der Waals surface area contributed by atoms with E-state index in [2.05, 4.69) is 5.32 Å². The summed E-state index contributed by atoms with van der Waals surface area (Å²) in [7, 11) is 1.86. The molecule has 0 aromatic heterocycles. The van der Waals surface area contributed by atoms with Crippen LogP contribution in [0, 0.1) is 5.41 Å². The third kappa shape index (κ3) is 3.89. The van der Waals surface area contributed by atoms with Gasteiger partial charge in [-0.05, 0) is 31.2 Å². The van der Waals surface area contributed by atoms with Gasteiger partial charge in [-0.25, -0.2) is 0 Å². The van der Waals surface area contributed by atoms with Crippen molar-refractivity contribution in [3.05, 3.63) is 23.4 Å². The lowest BCUT2D eigenvalue weighted by molar-refractivity contribution is 1.08. The zero-order valence-corrected chi connectivity index (χ0v) is 6.73. The van der Waals surface area contributed by atoms with Crippen molar-refractivity contribution in [3.8, 4) is 0 Å². The largest absolute Gasteiger partial charge is 0.394 e. The van der Waals surface area contributed by atoms with E-state index < -0.39 is 0 Å². The van der Waals surface area contributed by atoms with Gasteiger partial charge in [-0.2, -0.15) is 0 Å². The van der Waals surface area contributed by atoms with Crippen LogP contribution in [-0.2, 0) is 0 Å². The Morgan fingerprint density at radius 2 is 1.90 bits per heavy atom. The molecule has 0 aliphatic carbocycles. The third-order valence-electron chi connectivity index (χ3n) is 1.06. The maximum Gasteiger partial charge on any atom is 0.0207 e. The summed E-state index contributed by atoms with van der Waals surface area (Å²) in [6.07, 6.45) is 5.18. The maximum atomic E-state index is 6.89. The fraction of sp³-hybridized carbons (Fsp3) is 0.375. The normalized spacial score (nSPS) is 13.1. The molecule has 0 unspecified atom stereocenters. The van der Waals surface area contributed by atoms with E-state index in [1.165, 1.54) is 6.21 Å². The van der Waals surface area contributed by atoms with E-state index >= 15 is 0 Å². The van der Waals surface area contributed by atoms with Crippen LogP contribution in [0.4, 0.5) is 0 Å². The molecule has 0 aliphatic rings. The molecule has 2 heteroatoms. The minimum absolute atomic E-state index is 0.962. The molecule has 0 spiro atoms. The average Bonchev–Trinajstić information content (AvgIpc) is 1.88. The minimum atomic E-state index is 0.962. The zero-order valence-electron chi connectivity index (χ0n) is 6.73. The number of allylic oxidation sites excluding steroid dienone is 3. The molecule has 0 rings (SSSR count).